The fraction of sp³-hybridized carbons (Fsp3) is 0.333. The van der Waals surface area contributed by atoms with Crippen molar-refractivity contribution in [2.45, 2.75) is 44.4 Å². The lowest BCUT2D eigenvalue weighted by atomic mass is 9.84. The summed E-state index contributed by atoms with van der Waals surface area (Å²) in [5.41, 5.74) is 5.90. The number of hydrogen-bond donors (Lipinski definition) is 0. The minimum Gasteiger partial charge on any atom is -0.0764 e. The van der Waals surface area contributed by atoms with Crippen molar-refractivity contribution in [1.29, 1.82) is 0 Å². The van der Waals surface area contributed by atoms with Crippen LogP contribution in [0, 0.1) is 5.92 Å². The molecular weight excluding hydrogens is 288 g/mol. The first-order valence-electron chi connectivity index (χ1n) is 9.39. The molecule has 0 saturated carbocycles. The molecule has 0 heteroatoms. The van der Waals surface area contributed by atoms with E-state index in [0.29, 0.717) is 11.8 Å². The number of rotatable bonds is 6. The van der Waals surface area contributed by atoms with Crippen LogP contribution in [0.15, 0.2) is 60.7 Å². The highest BCUT2D eigenvalue weighted by Gasteiger charge is 2.22. The van der Waals surface area contributed by atoms with E-state index in [1.54, 1.807) is 0 Å². The van der Waals surface area contributed by atoms with Crippen LogP contribution < -0.4 is 0 Å². The van der Waals surface area contributed by atoms with E-state index >= 15 is 0 Å². The highest BCUT2D eigenvalue weighted by atomic mass is 14.3. The monoisotopic (exact) mass is 314 g/mol. The molecule has 0 aromatic heterocycles. The van der Waals surface area contributed by atoms with Crippen molar-refractivity contribution >= 4 is 12.2 Å². The Bertz CT molecular complexity index is 765. The molecule has 0 spiro atoms. The average Bonchev–Trinajstić information content (AvgIpc) is 3.23. The number of benzene rings is 2. The number of allylic oxidation sites excluding steroid dienone is 2. The van der Waals surface area contributed by atoms with Crippen LogP contribution in [0.2, 0.25) is 0 Å². The Morgan fingerprint density at radius 1 is 0.792 bits per heavy atom. The molecule has 0 aliphatic heterocycles. The first-order valence-corrected chi connectivity index (χ1v) is 9.39. The van der Waals surface area contributed by atoms with E-state index < -0.39 is 0 Å². The lowest BCUT2D eigenvalue weighted by Gasteiger charge is -2.21. The molecule has 2 aliphatic carbocycles. The van der Waals surface area contributed by atoms with Gasteiger partial charge in [0.2, 0.25) is 0 Å². The Labute approximate surface area is 145 Å². The molecule has 0 fully saturated rings. The van der Waals surface area contributed by atoms with E-state index in [-0.39, 0.29) is 0 Å². The first-order chi connectivity index (χ1) is 11.8. The van der Waals surface area contributed by atoms with Gasteiger partial charge < -0.3 is 0 Å². The molecule has 3 unspecified atom stereocenters. The SMILES string of the molecule is CCC(CCC1C=Cc2ccccc21)CC1C=Cc2ccccc21. The normalized spacial score (nSPS) is 21.7. The predicted octanol–water partition coefficient (Wildman–Crippen LogP) is 6.80. The van der Waals surface area contributed by atoms with Crippen molar-refractivity contribution in [3.05, 3.63) is 82.9 Å². The largest absolute Gasteiger partial charge is 0.0764 e. The van der Waals surface area contributed by atoms with Crippen LogP contribution in [-0.2, 0) is 0 Å². The standard InChI is InChI=1S/C24H26/c1-2-18(17-22-16-15-20-8-4-6-10-24(20)22)11-12-21-14-13-19-7-3-5-9-23(19)21/h3-10,13-16,18,21-22H,2,11-12,17H2,1H3. The predicted molar refractivity (Wildman–Crippen MR) is 104 cm³/mol. The van der Waals surface area contributed by atoms with Gasteiger partial charge in [-0.3, -0.25) is 0 Å². The van der Waals surface area contributed by atoms with Crippen LogP contribution in [0.1, 0.15) is 66.7 Å². The zero-order valence-corrected chi connectivity index (χ0v) is 14.5. The molecule has 0 radical (unpaired) electrons. The maximum absolute atomic E-state index is 2.41. The van der Waals surface area contributed by atoms with Crippen molar-refractivity contribution in [3.63, 3.8) is 0 Å². The van der Waals surface area contributed by atoms with Crippen molar-refractivity contribution < 1.29 is 0 Å². The van der Waals surface area contributed by atoms with Gasteiger partial charge in [-0.25, -0.2) is 0 Å². The molecule has 2 aromatic carbocycles. The van der Waals surface area contributed by atoms with E-state index in [9.17, 15) is 0 Å². The fourth-order valence-electron chi connectivity index (χ4n) is 4.37. The van der Waals surface area contributed by atoms with Crippen LogP contribution in [0.25, 0.3) is 12.2 Å². The van der Waals surface area contributed by atoms with E-state index in [0.717, 1.165) is 5.92 Å². The molecule has 24 heavy (non-hydrogen) atoms. The molecule has 0 bridgehead atoms. The quantitative estimate of drug-likeness (QED) is 0.549. The average molecular weight is 314 g/mol. The second-order valence-corrected chi connectivity index (χ2v) is 7.28. The van der Waals surface area contributed by atoms with Gasteiger partial charge in [0.05, 0.1) is 0 Å². The molecule has 122 valence electrons. The van der Waals surface area contributed by atoms with Crippen molar-refractivity contribution in [2.24, 2.45) is 5.92 Å². The van der Waals surface area contributed by atoms with Crippen LogP contribution in [0.4, 0.5) is 0 Å². The van der Waals surface area contributed by atoms with Crippen molar-refractivity contribution in [2.75, 3.05) is 0 Å². The summed E-state index contributed by atoms with van der Waals surface area (Å²) in [6.07, 6.45) is 14.6. The summed E-state index contributed by atoms with van der Waals surface area (Å²) in [4.78, 5) is 0. The minimum absolute atomic E-state index is 0.623. The topological polar surface area (TPSA) is 0 Å². The summed E-state index contributed by atoms with van der Waals surface area (Å²) in [5, 5.41) is 0. The van der Waals surface area contributed by atoms with Gasteiger partial charge in [0, 0.05) is 11.8 Å². The van der Waals surface area contributed by atoms with Gasteiger partial charge in [-0.1, -0.05) is 86.2 Å². The first kappa shape index (κ1) is 15.4. The summed E-state index contributed by atoms with van der Waals surface area (Å²) in [6, 6.07) is 17.7. The molecule has 0 amide bonds. The van der Waals surface area contributed by atoms with Gasteiger partial charge in [-0.15, -0.1) is 0 Å². The van der Waals surface area contributed by atoms with Crippen molar-refractivity contribution in [1.82, 2.24) is 0 Å². The van der Waals surface area contributed by atoms with E-state index in [1.807, 2.05) is 0 Å². The van der Waals surface area contributed by atoms with Gasteiger partial charge in [-0.2, -0.15) is 0 Å². The Balaban J connectivity index is 1.38. The highest BCUT2D eigenvalue weighted by molar-refractivity contribution is 5.63. The molecule has 0 nitrogen and oxygen atoms in total. The minimum atomic E-state index is 0.623. The molecule has 4 rings (SSSR count). The molecule has 0 saturated heterocycles. The summed E-state index contributed by atoms with van der Waals surface area (Å²) in [6.45, 7) is 2.35. The van der Waals surface area contributed by atoms with Gasteiger partial charge in [-0.05, 0) is 47.4 Å². The zero-order chi connectivity index (χ0) is 16.4. The smallest absolute Gasteiger partial charge is 0.00298 e. The third-order valence-electron chi connectivity index (χ3n) is 5.86. The fourth-order valence-corrected chi connectivity index (χ4v) is 4.37. The molecule has 2 aromatic rings. The molecule has 0 heterocycles. The molecule has 2 aliphatic rings. The lowest BCUT2D eigenvalue weighted by molar-refractivity contribution is 0.402. The van der Waals surface area contributed by atoms with E-state index in [4.69, 9.17) is 0 Å². The van der Waals surface area contributed by atoms with Crippen LogP contribution >= 0.6 is 0 Å². The summed E-state index contributed by atoms with van der Waals surface area (Å²) in [7, 11) is 0. The second-order valence-electron chi connectivity index (χ2n) is 7.28. The molecule has 3 atom stereocenters. The maximum Gasteiger partial charge on any atom is 0.00298 e. The van der Waals surface area contributed by atoms with Gasteiger partial charge >= 0.3 is 0 Å². The van der Waals surface area contributed by atoms with E-state index in [2.05, 4.69) is 79.8 Å². The molecule has 0 N–H and O–H groups in total. The Morgan fingerprint density at radius 3 is 2.04 bits per heavy atom. The summed E-state index contributed by atoms with van der Waals surface area (Å²) >= 11 is 0. The van der Waals surface area contributed by atoms with Crippen LogP contribution in [-0.4, -0.2) is 0 Å². The third kappa shape index (κ3) is 2.98. The van der Waals surface area contributed by atoms with E-state index in [1.165, 1.54) is 47.9 Å². The third-order valence-corrected chi connectivity index (χ3v) is 5.86. The van der Waals surface area contributed by atoms with Gasteiger partial charge in [0.15, 0.2) is 0 Å². The number of hydrogen-bond acceptors (Lipinski definition) is 0. The Morgan fingerprint density at radius 2 is 1.38 bits per heavy atom. The van der Waals surface area contributed by atoms with Gasteiger partial charge in [0.1, 0.15) is 0 Å². The maximum atomic E-state index is 2.41. The van der Waals surface area contributed by atoms with Crippen molar-refractivity contribution in [3.8, 4) is 0 Å². The number of fused-ring (bicyclic) bond motifs is 2. The van der Waals surface area contributed by atoms with Crippen LogP contribution in [0.3, 0.4) is 0 Å². The summed E-state index contributed by atoms with van der Waals surface area (Å²) in [5.74, 6) is 2.06. The highest BCUT2D eigenvalue weighted by Crippen LogP contribution is 2.39. The van der Waals surface area contributed by atoms with Crippen LogP contribution in [0.5, 0.6) is 0 Å². The lowest BCUT2D eigenvalue weighted by Crippen LogP contribution is -2.07. The second kappa shape index (κ2) is 6.81. The Hall–Kier alpha value is -2.08. The van der Waals surface area contributed by atoms with Gasteiger partial charge in [0.25, 0.3) is 0 Å². The Kier molecular flexibility index (Phi) is 4.38. The zero-order valence-electron chi connectivity index (χ0n) is 14.5. The molecular formula is C24H26. The summed E-state index contributed by atoms with van der Waals surface area (Å²) < 4.78 is 0.